The van der Waals surface area contributed by atoms with Gasteiger partial charge in [0.2, 0.25) is 6.79 Å². The smallest absolute Gasteiger partial charge is 0.416 e. The number of amidine groups is 5. The first-order chi connectivity index (χ1) is 67.4. The molecule has 16 aromatic carbocycles. The number of rotatable bonds is 22. The van der Waals surface area contributed by atoms with Crippen LogP contribution in [0.15, 0.2) is 474 Å². The molecule has 0 saturated heterocycles. The van der Waals surface area contributed by atoms with E-state index in [0.717, 1.165) is 127 Å². The Labute approximate surface area is 800 Å². The van der Waals surface area contributed by atoms with Crippen LogP contribution in [-0.2, 0) is 6.18 Å². The third-order valence-corrected chi connectivity index (χ3v) is 25.2. The molecule has 682 valence electrons. The van der Waals surface area contributed by atoms with Gasteiger partial charge in [-0.25, -0.2) is 4.39 Å². The van der Waals surface area contributed by atoms with Gasteiger partial charge in [-0.1, -0.05) is 370 Å². The summed E-state index contributed by atoms with van der Waals surface area (Å²) in [7, 11) is 4.13. The lowest BCUT2D eigenvalue weighted by Gasteiger charge is -2.32. The van der Waals surface area contributed by atoms with Crippen molar-refractivity contribution in [3.8, 4) is 22.6 Å². The van der Waals surface area contributed by atoms with Crippen LogP contribution in [0.1, 0.15) is 119 Å². The SMILES string of the molecule is CN(C)c1ccc(C2=NCCN2C(c2ccccc2)c2ccccc2)cc1.FC(F)(F)c1ccc(C2=NCCN2C(c2ccccc2)c2ccccc2)cc1.Fc1ccc(C2=NCCN2C(c2ccccc2)c2ccccc2)cc1.c1ccc(-c2ccc(C3=NCCN3C(c3ccccc3)c3ccccc3)cc2)cc1.c1ccc(C(c2ccccc2)N2CCN=C2c2ccc3c(c2)OCO3)cc1. The first-order valence-electron chi connectivity index (χ1n) is 46.7. The standard InChI is InChI=1S/C28H24N2.C24H25N3.C23H19F3N2.C23H20N2O2.C22H19FN2/c1-4-10-22(11-5-1)23-16-18-26(19-17-23)28-29-20-21-30(28)27(24-12-6-2-7-13-24)25-14-8-3-9-15-25;1-26(2)22-15-13-21(14-16-22)24-25-17-18-27(24)23(19-9-5-3-6-10-19)20-11-7-4-8-12-20;24-23(25,26)20-13-11-19(12-14-20)22-27-15-16-28(22)21(17-7-3-1-4-8-17)18-9-5-2-6-10-18;1-3-7-17(8-4-1)22(18-9-5-2-6-10-18)25-14-13-24-23(25)19-11-12-20-21(15-19)27-16-26-20;23-20-13-11-19(12-14-20)22-24-15-16-25(22)21(17-7-3-1-4-8-17)18-9-5-2-6-10-18/h1-19,27H,20-21H2;3-16,23H,17-18H2,1-2H3;1-14,21H,15-16H2;1-12,15,22H,13-14,16H2;1-14,21H,15-16H2. The molecule has 16 aromatic rings. The molecule has 137 heavy (non-hydrogen) atoms. The molecule has 0 saturated carbocycles. The minimum absolute atomic E-state index is 0.0501. The Morgan fingerprint density at radius 1 is 0.241 bits per heavy atom. The summed E-state index contributed by atoms with van der Waals surface area (Å²) in [4.78, 5) is 37.8. The van der Waals surface area contributed by atoms with Crippen LogP contribution in [0.5, 0.6) is 11.5 Å². The summed E-state index contributed by atoms with van der Waals surface area (Å²) in [5, 5.41) is 0. The molecule has 6 heterocycles. The van der Waals surface area contributed by atoms with Crippen molar-refractivity contribution in [2.45, 2.75) is 36.4 Å². The maximum atomic E-state index is 13.3. The van der Waals surface area contributed by atoms with Gasteiger partial charge in [-0.2, -0.15) is 13.2 Å². The highest BCUT2D eigenvalue weighted by atomic mass is 19.4. The maximum Gasteiger partial charge on any atom is 0.416 e. The van der Waals surface area contributed by atoms with Crippen LogP contribution in [0.25, 0.3) is 11.1 Å². The predicted molar refractivity (Wildman–Crippen MR) is 547 cm³/mol. The van der Waals surface area contributed by atoms with Gasteiger partial charge in [-0.05, 0) is 146 Å². The molecule has 6 aliphatic rings. The topological polar surface area (TPSA) is 99.7 Å². The Morgan fingerprint density at radius 3 is 0.715 bits per heavy atom. The largest absolute Gasteiger partial charge is 0.454 e. The van der Waals surface area contributed by atoms with Crippen molar-refractivity contribution < 1.29 is 27.0 Å². The molecular formula is C120H107F4N11O2. The number of halogens is 4. The summed E-state index contributed by atoms with van der Waals surface area (Å²) in [6.07, 6.45) is -4.34. The van der Waals surface area contributed by atoms with Crippen molar-refractivity contribution >= 4 is 34.9 Å². The summed E-state index contributed by atoms with van der Waals surface area (Å²) < 4.78 is 63.0. The van der Waals surface area contributed by atoms with E-state index < -0.39 is 11.7 Å². The average molecular weight is 1810 g/mol. The lowest BCUT2D eigenvalue weighted by Crippen LogP contribution is -2.33. The molecule has 0 bridgehead atoms. The van der Waals surface area contributed by atoms with Crippen LogP contribution >= 0.6 is 0 Å². The third kappa shape index (κ3) is 22.1. The van der Waals surface area contributed by atoms with E-state index in [2.05, 4.69) is 388 Å². The van der Waals surface area contributed by atoms with Gasteiger partial charge >= 0.3 is 6.18 Å². The first-order valence-corrected chi connectivity index (χ1v) is 46.7. The fraction of sp³-hybridized carbons (Fsp3) is 0.158. The van der Waals surface area contributed by atoms with Crippen molar-refractivity contribution in [3.05, 3.63) is 544 Å². The number of fused-ring (bicyclic) bond motifs is 1. The summed E-state index contributed by atoms with van der Waals surface area (Å²) in [5.41, 5.74) is 20.5. The monoisotopic (exact) mass is 1810 g/mol. The highest BCUT2D eigenvalue weighted by Gasteiger charge is 2.37. The van der Waals surface area contributed by atoms with Crippen molar-refractivity contribution in [2.75, 3.05) is 91.2 Å². The predicted octanol–water partition coefficient (Wildman–Crippen LogP) is 25.3. The lowest BCUT2D eigenvalue weighted by atomic mass is 9.96. The molecule has 0 N–H and O–H groups in total. The number of alkyl halides is 3. The molecule has 0 aromatic heterocycles. The molecule has 22 rings (SSSR count). The lowest BCUT2D eigenvalue weighted by molar-refractivity contribution is -0.137. The van der Waals surface area contributed by atoms with Gasteiger partial charge < -0.3 is 38.9 Å². The van der Waals surface area contributed by atoms with E-state index in [-0.39, 0.29) is 42.8 Å². The van der Waals surface area contributed by atoms with Crippen LogP contribution in [0.2, 0.25) is 0 Å². The Morgan fingerprint density at radius 2 is 0.453 bits per heavy atom. The number of aliphatic imine (C=N–C) groups is 5. The minimum Gasteiger partial charge on any atom is -0.454 e. The molecule has 0 atom stereocenters. The number of hydrogen-bond acceptors (Lipinski definition) is 13. The second-order valence-electron chi connectivity index (χ2n) is 34.1. The van der Waals surface area contributed by atoms with Crippen LogP contribution in [0.3, 0.4) is 0 Å². The molecule has 0 spiro atoms. The second kappa shape index (κ2) is 44.2. The van der Waals surface area contributed by atoms with Crippen LogP contribution in [-0.4, -0.2) is 140 Å². The molecular weight excluding hydrogens is 1700 g/mol. The molecule has 13 nitrogen and oxygen atoms in total. The molecule has 0 amide bonds. The average Bonchev–Trinajstić information content (AvgIpc) is 1.72. The molecule has 0 fully saturated rings. The van der Waals surface area contributed by atoms with Gasteiger partial charge in [0.25, 0.3) is 0 Å². The molecule has 0 radical (unpaired) electrons. The Kier molecular flexibility index (Phi) is 29.5. The van der Waals surface area contributed by atoms with Crippen molar-refractivity contribution in [1.82, 2.24) is 24.5 Å². The highest BCUT2D eigenvalue weighted by Crippen LogP contribution is 2.41. The maximum absolute atomic E-state index is 13.3. The van der Waals surface area contributed by atoms with Gasteiger partial charge in [0, 0.05) is 80.3 Å². The molecule has 17 heteroatoms. The number of benzene rings is 16. The normalized spacial score (nSPS) is 14.2. The van der Waals surface area contributed by atoms with Crippen molar-refractivity contribution in [3.63, 3.8) is 0 Å². The van der Waals surface area contributed by atoms with Gasteiger partial charge in [-0.3, -0.25) is 25.0 Å². The second-order valence-corrected chi connectivity index (χ2v) is 34.1. The summed E-state index contributed by atoms with van der Waals surface area (Å²) in [6.45, 7) is 8.40. The van der Waals surface area contributed by atoms with Gasteiger partial charge in [0.1, 0.15) is 35.0 Å². The van der Waals surface area contributed by atoms with Crippen LogP contribution < -0.4 is 14.4 Å². The van der Waals surface area contributed by atoms with Gasteiger partial charge in [0.05, 0.1) is 68.5 Å². The third-order valence-electron chi connectivity index (χ3n) is 25.2. The summed E-state index contributed by atoms with van der Waals surface area (Å²) >= 11 is 0. The molecule has 0 unspecified atom stereocenters. The van der Waals surface area contributed by atoms with Gasteiger partial charge in [-0.15, -0.1) is 0 Å². The fourth-order valence-corrected chi connectivity index (χ4v) is 18.8. The summed E-state index contributed by atoms with van der Waals surface area (Å²) in [5.74, 6) is 6.18. The Hall–Kier alpha value is -16.0. The van der Waals surface area contributed by atoms with Crippen molar-refractivity contribution in [2.24, 2.45) is 25.0 Å². The number of nitrogens with zero attached hydrogens (tertiary/aromatic N) is 11. The van der Waals surface area contributed by atoms with E-state index in [9.17, 15) is 17.6 Å². The van der Waals surface area contributed by atoms with E-state index in [1.807, 2.05) is 60.7 Å². The van der Waals surface area contributed by atoms with Crippen molar-refractivity contribution in [1.29, 1.82) is 0 Å². The quantitative estimate of drug-likeness (QED) is 0.0619. The molecule has 6 aliphatic heterocycles. The zero-order valence-electron chi connectivity index (χ0n) is 76.6. The number of anilines is 1. The van der Waals surface area contributed by atoms with Gasteiger partial charge in [0.15, 0.2) is 11.5 Å². The zero-order chi connectivity index (χ0) is 93.5. The first kappa shape index (κ1) is 91.5. The van der Waals surface area contributed by atoms with E-state index in [1.165, 1.54) is 96.7 Å². The van der Waals surface area contributed by atoms with Crippen LogP contribution in [0.4, 0.5) is 23.2 Å². The van der Waals surface area contributed by atoms with E-state index in [4.69, 9.17) is 29.4 Å². The van der Waals surface area contributed by atoms with E-state index in [0.29, 0.717) is 18.7 Å². The van der Waals surface area contributed by atoms with E-state index >= 15 is 0 Å². The Bertz CT molecular complexity index is 6510. The number of hydrogen-bond donors (Lipinski definition) is 0. The zero-order valence-corrected chi connectivity index (χ0v) is 76.6. The number of ether oxygens (including phenoxy) is 2. The van der Waals surface area contributed by atoms with E-state index in [1.54, 1.807) is 12.1 Å². The molecule has 0 aliphatic carbocycles. The Balaban J connectivity index is 0.000000114. The highest BCUT2D eigenvalue weighted by molar-refractivity contribution is 6.03. The summed E-state index contributed by atoms with van der Waals surface area (Å²) in [6, 6.07) is 152. The fourth-order valence-electron chi connectivity index (χ4n) is 18.8. The van der Waals surface area contributed by atoms with Crippen LogP contribution in [0, 0.1) is 5.82 Å². The minimum atomic E-state index is -4.34.